The van der Waals surface area contributed by atoms with Gasteiger partial charge >= 0.3 is 0 Å². The van der Waals surface area contributed by atoms with Crippen molar-refractivity contribution >= 4 is 44.0 Å². The SMILES string of the molecule is O=C(Nc1nnc(S(=O)(=O)N[C@@H]2C[C@@H]3CC[C@@H]2C3)s1)c1ccc(Cl)cc1. The first-order valence-electron chi connectivity index (χ1n) is 8.33. The average molecular weight is 413 g/mol. The van der Waals surface area contributed by atoms with Crippen molar-refractivity contribution in [3.8, 4) is 0 Å². The van der Waals surface area contributed by atoms with Crippen LogP contribution in [0.2, 0.25) is 5.02 Å². The number of benzene rings is 1. The molecule has 0 aliphatic heterocycles. The number of hydrogen-bond donors (Lipinski definition) is 2. The quantitative estimate of drug-likeness (QED) is 0.735. The second-order valence-corrected chi connectivity index (χ2v) is 10.0. The zero-order chi connectivity index (χ0) is 18.3. The molecule has 2 N–H and O–H groups in total. The van der Waals surface area contributed by atoms with Gasteiger partial charge in [0.1, 0.15) is 0 Å². The van der Waals surface area contributed by atoms with Gasteiger partial charge in [-0.05, 0) is 55.4 Å². The lowest BCUT2D eigenvalue weighted by atomic mass is 9.96. The summed E-state index contributed by atoms with van der Waals surface area (Å²) in [6.07, 6.45) is 4.27. The highest BCUT2D eigenvalue weighted by Gasteiger charge is 2.41. The van der Waals surface area contributed by atoms with Crippen LogP contribution in [0.15, 0.2) is 28.6 Å². The van der Waals surface area contributed by atoms with Gasteiger partial charge in [0.15, 0.2) is 0 Å². The first-order chi connectivity index (χ1) is 12.4. The maximum atomic E-state index is 12.5. The number of sulfonamides is 1. The molecule has 2 aliphatic carbocycles. The molecule has 2 fully saturated rings. The summed E-state index contributed by atoms with van der Waals surface area (Å²) in [5.41, 5.74) is 0.397. The van der Waals surface area contributed by atoms with Crippen molar-refractivity contribution in [3.05, 3.63) is 34.9 Å². The lowest BCUT2D eigenvalue weighted by Gasteiger charge is -2.21. The first-order valence-corrected chi connectivity index (χ1v) is 11.0. The molecule has 1 amide bonds. The summed E-state index contributed by atoms with van der Waals surface area (Å²) in [4.78, 5) is 12.2. The van der Waals surface area contributed by atoms with E-state index in [9.17, 15) is 13.2 Å². The summed E-state index contributed by atoms with van der Waals surface area (Å²) in [5, 5.41) is 10.7. The van der Waals surface area contributed by atoms with Crippen LogP contribution in [0.3, 0.4) is 0 Å². The van der Waals surface area contributed by atoms with Crippen molar-refractivity contribution in [2.24, 2.45) is 11.8 Å². The van der Waals surface area contributed by atoms with Crippen LogP contribution in [0.25, 0.3) is 0 Å². The van der Waals surface area contributed by atoms with Crippen LogP contribution in [-0.4, -0.2) is 30.6 Å². The highest BCUT2D eigenvalue weighted by atomic mass is 35.5. The molecule has 0 unspecified atom stereocenters. The van der Waals surface area contributed by atoms with Crippen LogP contribution in [0.1, 0.15) is 36.0 Å². The molecule has 0 spiro atoms. The van der Waals surface area contributed by atoms with Crippen LogP contribution >= 0.6 is 22.9 Å². The summed E-state index contributed by atoms with van der Waals surface area (Å²) in [6, 6.07) is 6.34. The van der Waals surface area contributed by atoms with Crippen molar-refractivity contribution in [1.82, 2.24) is 14.9 Å². The topological polar surface area (TPSA) is 101 Å². The fourth-order valence-electron chi connectivity index (χ4n) is 3.78. The maximum Gasteiger partial charge on any atom is 0.270 e. The van der Waals surface area contributed by atoms with Crippen molar-refractivity contribution in [3.63, 3.8) is 0 Å². The van der Waals surface area contributed by atoms with E-state index < -0.39 is 15.9 Å². The van der Waals surface area contributed by atoms with Gasteiger partial charge in [-0.15, -0.1) is 10.2 Å². The molecular weight excluding hydrogens is 396 g/mol. The number of carbonyl (C=O) groups is 1. The molecule has 2 saturated carbocycles. The van der Waals surface area contributed by atoms with Gasteiger partial charge < -0.3 is 0 Å². The third-order valence-corrected chi connectivity index (χ3v) is 7.96. The van der Waals surface area contributed by atoms with Gasteiger partial charge in [-0.1, -0.05) is 29.4 Å². The lowest BCUT2D eigenvalue weighted by Crippen LogP contribution is -2.38. The van der Waals surface area contributed by atoms with E-state index in [0.29, 0.717) is 22.4 Å². The minimum absolute atomic E-state index is 0.0187. The van der Waals surface area contributed by atoms with Crippen molar-refractivity contribution in [2.75, 3.05) is 5.32 Å². The van der Waals surface area contributed by atoms with Gasteiger partial charge in [-0.2, -0.15) is 0 Å². The van der Waals surface area contributed by atoms with Crippen LogP contribution < -0.4 is 10.0 Å². The molecule has 3 atom stereocenters. The number of anilines is 1. The number of nitrogens with zero attached hydrogens (tertiary/aromatic N) is 2. The van der Waals surface area contributed by atoms with Crippen molar-refractivity contribution in [2.45, 2.75) is 36.1 Å². The van der Waals surface area contributed by atoms with Crippen LogP contribution in [0.5, 0.6) is 0 Å². The van der Waals surface area contributed by atoms with E-state index in [0.717, 1.165) is 30.6 Å². The number of amides is 1. The minimum atomic E-state index is -3.73. The van der Waals surface area contributed by atoms with Crippen LogP contribution in [0, 0.1) is 11.8 Å². The number of hydrogen-bond acceptors (Lipinski definition) is 6. The Morgan fingerprint density at radius 3 is 2.58 bits per heavy atom. The predicted octanol–water partition coefficient (Wildman–Crippen LogP) is 2.91. The highest BCUT2D eigenvalue weighted by Crippen LogP contribution is 2.44. The third kappa shape index (κ3) is 3.62. The molecule has 1 aromatic heterocycles. The molecule has 138 valence electrons. The second kappa shape index (κ2) is 6.88. The molecule has 10 heteroatoms. The molecule has 4 rings (SSSR count). The summed E-state index contributed by atoms with van der Waals surface area (Å²) in [7, 11) is -3.73. The number of nitrogens with one attached hydrogen (secondary N) is 2. The Labute approximate surface area is 160 Å². The fourth-order valence-corrected chi connectivity index (χ4v) is 6.13. The van der Waals surface area contributed by atoms with Gasteiger partial charge in [0.25, 0.3) is 15.9 Å². The van der Waals surface area contributed by atoms with E-state index in [1.165, 1.54) is 6.42 Å². The Balaban J connectivity index is 1.43. The number of halogens is 1. The van der Waals surface area contributed by atoms with E-state index in [1.54, 1.807) is 24.3 Å². The Bertz CT molecular complexity index is 929. The summed E-state index contributed by atoms with van der Waals surface area (Å²) < 4.78 is 27.7. The highest BCUT2D eigenvalue weighted by molar-refractivity contribution is 7.91. The van der Waals surface area contributed by atoms with Gasteiger partial charge in [0.2, 0.25) is 9.47 Å². The number of fused-ring (bicyclic) bond motifs is 2. The molecule has 2 aromatic rings. The standard InChI is InChI=1S/C16H17ClN4O3S2/c17-12-5-3-10(4-6-12)14(22)18-15-19-20-16(25-15)26(23,24)21-13-8-9-1-2-11(13)7-9/h3-6,9,11,13,21H,1-2,7-8H2,(H,18,19,22)/t9-,11-,13-/m1/s1. The van der Waals surface area contributed by atoms with Gasteiger partial charge in [-0.25, -0.2) is 13.1 Å². The molecule has 1 aromatic carbocycles. The zero-order valence-corrected chi connectivity index (χ0v) is 16.1. The minimum Gasteiger partial charge on any atom is -0.296 e. The smallest absolute Gasteiger partial charge is 0.270 e. The first kappa shape index (κ1) is 17.8. The zero-order valence-electron chi connectivity index (χ0n) is 13.7. The largest absolute Gasteiger partial charge is 0.296 e. The maximum absolute atomic E-state index is 12.5. The van der Waals surface area contributed by atoms with Crippen molar-refractivity contribution in [1.29, 1.82) is 0 Å². The molecule has 7 nitrogen and oxygen atoms in total. The number of carbonyl (C=O) groups excluding carboxylic acids is 1. The van der Waals surface area contributed by atoms with Crippen LogP contribution in [-0.2, 0) is 10.0 Å². The Kier molecular flexibility index (Phi) is 4.72. The Morgan fingerprint density at radius 2 is 1.92 bits per heavy atom. The number of rotatable bonds is 5. The normalized spacial score (nSPS) is 24.7. The monoisotopic (exact) mass is 412 g/mol. The second-order valence-electron chi connectivity index (χ2n) is 6.74. The molecule has 0 radical (unpaired) electrons. The van der Waals surface area contributed by atoms with Crippen molar-refractivity contribution < 1.29 is 13.2 Å². The predicted molar refractivity (Wildman–Crippen MR) is 98.9 cm³/mol. The molecule has 0 saturated heterocycles. The fraction of sp³-hybridized carbons (Fsp3) is 0.438. The summed E-state index contributed by atoms with van der Waals surface area (Å²) in [6.45, 7) is 0. The van der Waals surface area contributed by atoms with Gasteiger partial charge in [-0.3, -0.25) is 10.1 Å². The summed E-state index contributed by atoms with van der Waals surface area (Å²) >= 11 is 6.64. The van der Waals surface area contributed by atoms with E-state index in [2.05, 4.69) is 20.2 Å². The lowest BCUT2D eigenvalue weighted by molar-refractivity contribution is 0.102. The molecule has 2 aliphatic rings. The molecular formula is C16H17ClN4O3S2. The average Bonchev–Trinajstić information content (AvgIpc) is 3.32. The number of aromatic nitrogens is 2. The van der Waals surface area contributed by atoms with Gasteiger partial charge in [0, 0.05) is 16.6 Å². The van der Waals surface area contributed by atoms with E-state index in [-0.39, 0.29) is 15.5 Å². The molecule has 26 heavy (non-hydrogen) atoms. The van der Waals surface area contributed by atoms with E-state index in [1.807, 2.05) is 0 Å². The molecule has 2 bridgehead atoms. The summed E-state index contributed by atoms with van der Waals surface area (Å²) in [5.74, 6) is 0.658. The van der Waals surface area contributed by atoms with E-state index in [4.69, 9.17) is 11.6 Å². The van der Waals surface area contributed by atoms with Crippen LogP contribution in [0.4, 0.5) is 5.13 Å². The molecule has 1 heterocycles. The van der Waals surface area contributed by atoms with Gasteiger partial charge in [0.05, 0.1) is 0 Å². The Morgan fingerprint density at radius 1 is 1.15 bits per heavy atom. The van der Waals surface area contributed by atoms with E-state index >= 15 is 0 Å². The third-order valence-electron chi connectivity index (χ3n) is 5.01. The Hall–Kier alpha value is -1.55.